The van der Waals surface area contributed by atoms with Crippen molar-refractivity contribution in [1.82, 2.24) is 4.98 Å². The molecule has 0 unspecified atom stereocenters. The largest absolute Gasteiger partial charge is 0.488 e. The van der Waals surface area contributed by atoms with Crippen molar-refractivity contribution in [2.24, 2.45) is 0 Å². The van der Waals surface area contributed by atoms with Crippen LogP contribution in [-0.4, -0.2) is 16.1 Å². The molecule has 0 aliphatic heterocycles. The highest BCUT2D eigenvalue weighted by Crippen LogP contribution is 2.32. The van der Waals surface area contributed by atoms with Crippen LogP contribution < -0.4 is 4.74 Å². The summed E-state index contributed by atoms with van der Waals surface area (Å²) < 4.78 is 6.03. The van der Waals surface area contributed by atoms with E-state index in [0.717, 1.165) is 33.3 Å². The van der Waals surface area contributed by atoms with E-state index in [-0.39, 0.29) is 5.69 Å². The molecule has 1 aromatic heterocycles. The third kappa shape index (κ3) is 3.17. The highest BCUT2D eigenvalue weighted by Gasteiger charge is 2.10. The van der Waals surface area contributed by atoms with Gasteiger partial charge in [-0.3, -0.25) is 0 Å². The third-order valence-corrected chi connectivity index (χ3v) is 4.29. The lowest BCUT2D eigenvalue weighted by atomic mass is 10.0. The molecule has 0 amide bonds. The van der Waals surface area contributed by atoms with Crippen LogP contribution in [0, 0.1) is 0 Å². The molecule has 0 aliphatic rings. The summed E-state index contributed by atoms with van der Waals surface area (Å²) in [6, 6.07) is 25.4. The highest BCUT2D eigenvalue weighted by atomic mass is 16.5. The quantitative estimate of drug-likeness (QED) is 0.529. The van der Waals surface area contributed by atoms with Gasteiger partial charge in [0.2, 0.25) is 0 Å². The van der Waals surface area contributed by atoms with Crippen LogP contribution in [0.4, 0.5) is 0 Å². The standard InChI is InChI=1S/C22H17NO3/c24-22(25)20-13-17-12-16(10-11-19(17)23-20)18-8-4-5-9-21(18)26-14-15-6-2-1-3-7-15/h1-13,23H,14H2,(H,24,25). The average molecular weight is 343 g/mol. The lowest BCUT2D eigenvalue weighted by Crippen LogP contribution is -1.96. The number of ether oxygens (including phenoxy) is 1. The van der Waals surface area contributed by atoms with Crippen molar-refractivity contribution >= 4 is 16.9 Å². The van der Waals surface area contributed by atoms with Crippen molar-refractivity contribution in [2.45, 2.75) is 6.61 Å². The van der Waals surface area contributed by atoms with Crippen LogP contribution in [0.25, 0.3) is 22.0 Å². The van der Waals surface area contributed by atoms with Gasteiger partial charge in [-0.05, 0) is 35.4 Å². The number of aromatic amines is 1. The molecule has 128 valence electrons. The molecule has 4 rings (SSSR count). The number of nitrogens with one attached hydrogen (secondary N) is 1. The second-order valence-corrected chi connectivity index (χ2v) is 6.06. The molecule has 4 heteroatoms. The van der Waals surface area contributed by atoms with Gasteiger partial charge in [0, 0.05) is 16.5 Å². The van der Waals surface area contributed by atoms with Crippen LogP contribution in [0.2, 0.25) is 0 Å². The first-order valence-electron chi connectivity index (χ1n) is 8.33. The fourth-order valence-electron chi connectivity index (χ4n) is 2.98. The number of para-hydroxylation sites is 1. The van der Waals surface area contributed by atoms with Crippen molar-refractivity contribution in [3.63, 3.8) is 0 Å². The summed E-state index contributed by atoms with van der Waals surface area (Å²) in [4.78, 5) is 14.1. The summed E-state index contributed by atoms with van der Waals surface area (Å²) in [5.41, 5.74) is 4.05. The zero-order valence-corrected chi connectivity index (χ0v) is 14.0. The topological polar surface area (TPSA) is 62.3 Å². The van der Waals surface area contributed by atoms with Crippen LogP contribution >= 0.6 is 0 Å². The Morgan fingerprint density at radius 2 is 1.69 bits per heavy atom. The third-order valence-electron chi connectivity index (χ3n) is 4.29. The van der Waals surface area contributed by atoms with Gasteiger partial charge < -0.3 is 14.8 Å². The fraction of sp³-hybridized carbons (Fsp3) is 0.0455. The molecular weight excluding hydrogens is 326 g/mol. The number of aromatic nitrogens is 1. The first-order chi connectivity index (χ1) is 12.7. The molecule has 0 bridgehead atoms. The number of fused-ring (bicyclic) bond motifs is 1. The van der Waals surface area contributed by atoms with E-state index in [9.17, 15) is 4.79 Å². The number of carboxylic acid groups (broad SMARTS) is 1. The van der Waals surface area contributed by atoms with Crippen molar-refractivity contribution in [3.05, 3.63) is 90.1 Å². The monoisotopic (exact) mass is 343 g/mol. The van der Waals surface area contributed by atoms with Gasteiger partial charge in [0.05, 0.1) is 0 Å². The minimum Gasteiger partial charge on any atom is -0.488 e. The Morgan fingerprint density at radius 3 is 2.50 bits per heavy atom. The lowest BCUT2D eigenvalue weighted by molar-refractivity contribution is 0.0691. The van der Waals surface area contributed by atoms with E-state index in [2.05, 4.69) is 4.98 Å². The van der Waals surface area contributed by atoms with Gasteiger partial charge >= 0.3 is 5.97 Å². The molecule has 0 atom stereocenters. The molecule has 0 aliphatic carbocycles. The van der Waals surface area contributed by atoms with Gasteiger partial charge in [-0.15, -0.1) is 0 Å². The molecule has 0 saturated carbocycles. The molecule has 26 heavy (non-hydrogen) atoms. The van der Waals surface area contributed by atoms with E-state index >= 15 is 0 Å². The van der Waals surface area contributed by atoms with Crippen molar-refractivity contribution < 1.29 is 14.6 Å². The first-order valence-corrected chi connectivity index (χ1v) is 8.33. The smallest absolute Gasteiger partial charge is 0.352 e. The number of H-pyrrole nitrogens is 1. The van der Waals surface area contributed by atoms with Crippen LogP contribution in [-0.2, 0) is 6.61 Å². The fourth-order valence-corrected chi connectivity index (χ4v) is 2.98. The van der Waals surface area contributed by atoms with Gasteiger partial charge in [0.1, 0.15) is 18.1 Å². The van der Waals surface area contributed by atoms with E-state index in [4.69, 9.17) is 9.84 Å². The summed E-state index contributed by atoms with van der Waals surface area (Å²) in [7, 11) is 0. The summed E-state index contributed by atoms with van der Waals surface area (Å²) in [6.07, 6.45) is 0. The van der Waals surface area contributed by atoms with Crippen LogP contribution in [0.5, 0.6) is 5.75 Å². The maximum atomic E-state index is 11.1. The van der Waals surface area contributed by atoms with Gasteiger partial charge in [0.25, 0.3) is 0 Å². The average Bonchev–Trinajstić information content (AvgIpc) is 3.11. The number of carboxylic acids is 1. The minimum atomic E-state index is -0.964. The molecule has 1 heterocycles. The van der Waals surface area contributed by atoms with Crippen LogP contribution in [0.3, 0.4) is 0 Å². The van der Waals surface area contributed by atoms with E-state index < -0.39 is 5.97 Å². The summed E-state index contributed by atoms with van der Waals surface area (Å²) in [6.45, 7) is 0.493. The number of aromatic carboxylic acids is 1. The maximum absolute atomic E-state index is 11.1. The number of hydrogen-bond donors (Lipinski definition) is 2. The van der Waals surface area contributed by atoms with E-state index in [1.807, 2.05) is 72.8 Å². The Hall–Kier alpha value is -3.53. The number of carbonyl (C=O) groups is 1. The highest BCUT2D eigenvalue weighted by molar-refractivity contribution is 5.95. The molecular formula is C22H17NO3. The van der Waals surface area contributed by atoms with Crippen LogP contribution in [0.1, 0.15) is 16.1 Å². The summed E-state index contributed by atoms with van der Waals surface area (Å²) in [5, 5.41) is 10.0. The first kappa shape index (κ1) is 16.0. The molecule has 0 fully saturated rings. The molecule has 0 saturated heterocycles. The zero-order chi connectivity index (χ0) is 17.9. The van der Waals surface area contributed by atoms with E-state index in [1.165, 1.54) is 0 Å². The van der Waals surface area contributed by atoms with E-state index in [0.29, 0.717) is 6.61 Å². The number of rotatable bonds is 5. The van der Waals surface area contributed by atoms with Gasteiger partial charge in [-0.1, -0.05) is 54.6 Å². The zero-order valence-electron chi connectivity index (χ0n) is 14.0. The Bertz CT molecular complexity index is 1070. The molecule has 4 nitrogen and oxygen atoms in total. The number of benzene rings is 3. The SMILES string of the molecule is O=C(O)c1cc2cc(-c3ccccc3OCc3ccccc3)ccc2[nH]1. The predicted octanol–water partition coefficient (Wildman–Crippen LogP) is 5.11. The summed E-state index contributed by atoms with van der Waals surface area (Å²) >= 11 is 0. The van der Waals surface area contributed by atoms with Gasteiger partial charge in [-0.25, -0.2) is 4.79 Å². The molecule has 0 radical (unpaired) electrons. The van der Waals surface area contributed by atoms with Crippen molar-refractivity contribution in [2.75, 3.05) is 0 Å². The Labute approximate surface area is 150 Å². The van der Waals surface area contributed by atoms with E-state index in [1.54, 1.807) is 6.07 Å². The second-order valence-electron chi connectivity index (χ2n) is 6.06. The Morgan fingerprint density at radius 1 is 0.923 bits per heavy atom. The molecule has 0 spiro atoms. The van der Waals surface area contributed by atoms with Gasteiger partial charge in [-0.2, -0.15) is 0 Å². The normalized spacial score (nSPS) is 10.8. The predicted molar refractivity (Wildman–Crippen MR) is 101 cm³/mol. The molecule has 4 aromatic rings. The Kier molecular flexibility index (Phi) is 4.15. The number of hydrogen-bond acceptors (Lipinski definition) is 2. The van der Waals surface area contributed by atoms with Crippen molar-refractivity contribution in [3.8, 4) is 16.9 Å². The maximum Gasteiger partial charge on any atom is 0.352 e. The second kappa shape index (κ2) is 6.76. The molecule has 2 N–H and O–H groups in total. The van der Waals surface area contributed by atoms with Crippen molar-refractivity contribution in [1.29, 1.82) is 0 Å². The van der Waals surface area contributed by atoms with Crippen LogP contribution in [0.15, 0.2) is 78.9 Å². The lowest BCUT2D eigenvalue weighted by Gasteiger charge is -2.12. The van der Waals surface area contributed by atoms with Gasteiger partial charge in [0.15, 0.2) is 0 Å². The summed E-state index contributed by atoms with van der Waals surface area (Å²) in [5.74, 6) is -0.168. The minimum absolute atomic E-state index is 0.186. The molecule has 3 aromatic carbocycles. The Balaban J connectivity index is 1.67.